The van der Waals surface area contributed by atoms with Crippen molar-refractivity contribution in [2.45, 2.75) is 70.6 Å². The van der Waals surface area contributed by atoms with Crippen LogP contribution in [-0.4, -0.2) is 74.7 Å². The number of ether oxygens (including phenoxy) is 4. The Kier molecular flexibility index (Phi) is 11.4. The van der Waals surface area contributed by atoms with Gasteiger partial charge < -0.3 is 39.0 Å². The third-order valence-corrected chi connectivity index (χ3v) is 10.3. The number of carbonyl (C=O) groups excluding carboxylic acids is 1. The summed E-state index contributed by atoms with van der Waals surface area (Å²) in [6.07, 6.45) is 2.55. The van der Waals surface area contributed by atoms with E-state index in [1.807, 2.05) is 34.6 Å². The fourth-order valence-corrected chi connectivity index (χ4v) is 6.61. The molecule has 276 valence electrons. The maximum absolute atomic E-state index is 15.4. The number of aromatic nitrogens is 2. The maximum atomic E-state index is 15.4. The first-order valence-electron chi connectivity index (χ1n) is 16.8. The summed E-state index contributed by atoms with van der Waals surface area (Å²) in [5, 5.41) is 24.4. The molecule has 2 aromatic carbocycles. The van der Waals surface area contributed by atoms with E-state index in [4.69, 9.17) is 29.0 Å². The average Bonchev–Trinajstić information content (AvgIpc) is 3.63. The molecule has 0 fully saturated rings. The Balaban J connectivity index is 1.57. The van der Waals surface area contributed by atoms with Crippen molar-refractivity contribution in [1.82, 2.24) is 19.6 Å². The zero-order valence-electron chi connectivity index (χ0n) is 30.1. The Bertz CT molecular complexity index is 1920. The number of benzene rings is 2. The van der Waals surface area contributed by atoms with Crippen molar-refractivity contribution < 1.29 is 42.6 Å². The highest BCUT2D eigenvalue weighted by molar-refractivity contribution is 7.84. The number of nitrogens with one attached hydrogen (secondary N) is 2. The van der Waals surface area contributed by atoms with Gasteiger partial charge in [0.05, 0.1) is 52.7 Å². The molecular weight excluding hydrogens is 679 g/mol. The first-order chi connectivity index (χ1) is 24.1. The topological polar surface area (TPSA) is 153 Å². The second-order valence-corrected chi connectivity index (χ2v) is 15.9. The van der Waals surface area contributed by atoms with E-state index in [1.54, 1.807) is 41.1 Å². The predicted molar refractivity (Wildman–Crippen MR) is 193 cm³/mol. The number of amides is 1. The van der Waals surface area contributed by atoms with Crippen molar-refractivity contribution in [1.29, 1.82) is 0 Å². The number of methoxy groups -OCH3 is 1. The lowest BCUT2D eigenvalue weighted by molar-refractivity contribution is 0.0489. The summed E-state index contributed by atoms with van der Waals surface area (Å²) in [7, 11) is -0.0454. The molecule has 51 heavy (non-hydrogen) atoms. The first kappa shape index (κ1) is 38.2. The van der Waals surface area contributed by atoms with Crippen molar-refractivity contribution in [2.24, 2.45) is 0 Å². The molecule has 12 nitrogen and oxygen atoms in total. The standard InChI is InChI=1S/C37H47FN4O8S/c1-8-15-48-22-42-19-25(24-10-9-11-27(38)32(24)42)31-33-26(36(5,21-50-33)41-51(46)35(2,3)4)18-30(40-31)37(6,45)20-39-34(44)23-12-13-28(49-16-14-43)29(17-23)47-7/h9-13,17-19,41,43,45H,8,14-16,20-22H2,1-7H3,(H,39,44). The summed E-state index contributed by atoms with van der Waals surface area (Å²) in [5.74, 6) is 0.175. The van der Waals surface area contributed by atoms with Crippen molar-refractivity contribution in [2.75, 3.05) is 40.1 Å². The molecule has 0 saturated heterocycles. The molecule has 0 bridgehead atoms. The summed E-state index contributed by atoms with van der Waals surface area (Å²) in [4.78, 5) is 18.2. The number of rotatable bonds is 15. The SMILES string of the molecule is CCCOCn1cc(-c2nc(C(C)(O)CNC(=O)c3ccc(OCCO)c(OC)c3)cc3c2OCC3(C)NS(=O)C(C)(C)C)c2cccc(F)c21. The molecule has 1 aliphatic heterocycles. The lowest BCUT2D eigenvalue weighted by Crippen LogP contribution is -2.47. The van der Waals surface area contributed by atoms with Crippen molar-refractivity contribution in [3.8, 4) is 28.5 Å². The minimum Gasteiger partial charge on any atom is -0.493 e. The maximum Gasteiger partial charge on any atom is 0.251 e. The number of fused-ring (bicyclic) bond motifs is 2. The van der Waals surface area contributed by atoms with Gasteiger partial charge in [0, 0.05) is 34.9 Å². The highest BCUT2D eigenvalue weighted by Crippen LogP contribution is 2.47. The number of carbonyl (C=O) groups is 1. The van der Waals surface area contributed by atoms with Gasteiger partial charge in [0.15, 0.2) is 17.2 Å². The Hall–Kier alpha value is -4.08. The van der Waals surface area contributed by atoms with Crippen LogP contribution >= 0.6 is 0 Å². The average molecular weight is 727 g/mol. The molecule has 4 N–H and O–H groups in total. The molecule has 3 atom stereocenters. The normalized spacial score (nSPS) is 17.5. The van der Waals surface area contributed by atoms with E-state index in [0.29, 0.717) is 51.6 Å². The summed E-state index contributed by atoms with van der Waals surface area (Å²) < 4.78 is 56.0. The number of para-hydroxylation sites is 1. The number of aliphatic hydroxyl groups is 2. The Morgan fingerprint density at radius 2 is 1.92 bits per heavy atom. The van der Waals surface area contributed by atoms with Gasteiger partial charge in [0.1, 0.15) is 37.1 Å². The van der Waals surface area contributed by atoms with E-state index >= 15 is 4.39 Å². The third kappa shape index (κ3) is 8.05. The van der Waals surface area contributed by atoms with E-state index in [0.717, 1.165) is 6.42 Å². The number of nitrogens with zero attached hydrogens (tertiary/aromatic N) is 2. The van der Waals surface area contributed by atoms with Crippen LogP contribution < -0.4 is 24.2 Å². The zero-order valence-corrected chi connectivity index (χ0v) is 30.9. The monoisotopic (exact) mass is 726 g/mol. The van der Waals surface area contributed by atoms with Gasteiger partial charge in [-0.1, -0.05) is 19.1 Å². The van der Waals surface area contributed by atoms with Crippen LogP contribution in [0.3, 0.4) is 0 Å². The highest BCUT2D eigenvalue weighted by atomic mass is 32.2. The van der Waals surface area contributed by atoms with Crippen molar-refractivity contribution >= 4 is 27.8 Å². The van der Waals surface area contributed by atoms with Crippen LogP contribution in [0, 0.1) is 5.82 Å². The molecule has 3 unspecified atom stereocenters. The molecular formula is C37H47FN4O8S. The number of hydrogen-bond donors (Lipinski definition) is 4. The van der Waals surface area contributed by atoms with Gasteiger partial charge in [0.2, 0.25) is 0 Å². The van der Waals surface area contributed by atoms with E-state index in [-0.39, 0.29) is 44.4 Å². The van der Waals surface area contributed by atoms with E-state index in [2.05, 4.69) is 10.0 Å². The minimum atomic E-state index is -1.71. The molecule has 0 saturated carbocycles. The first-order valence-corrected chi connectivity index (χ1v) is 17.9. The van der Waals surface area contributed by atoms with Gasteiger partial charge in [-0.15, -0.1) is 0 Å². The molecule has 0 aliphatic carbocycles. The second kappa shape index (κ2) is 15.3. The van der Waals surface area contributed by atoms with Crippen molar-refractivity contribution in [3.63, 3.8) is 0 Å². The third-order valence-electron chi connectivity index (χ3n) is 8.55. The van der Waals surface area contributed by atoms with Gasteiger partial charge in [-0.25, -0.2) is 18.3 Å². The molecule has 5 rings (SSSR count). The molecule has 0 radical (unpaired) electrons. The van der Waals surface area contributed by atoms with Crippen LogP contribution in [0.4, 0.5) is 4.39 Å². The molecule has 2 aromatic heterocycles. The second-order valence-electron chi connectivity index (χ2n) is 13.9. The van der Waals surface area contributed by atoms with Crippen LogP contribution in [0.2, 0.25) is 0 Å². The molecule has 1 aliphatic rings. The quantitative estimate of drug-likeness (QED) is 0.125. The van der Waals surface area contributed by atoms with Gasteiger partial charge in [-0.2, -0.15) is 0 Å². The van der Waals surface area contributed by atoms with E-state index in [1.165, 1.54) is 26.2 Å². The van der Waals surface area contributed by atoms with Crippen LogP contribution in [0.15, 0.2) is 48.7 Å². The molecule has 3 heterocycles. The number of halogens is 1. The summed E-state index contributed by atoms with van der Waals surface area (Å²) in [6.45, 7) is 11.4. The van der Waals surface area contributed by atoms with Crippen LogP contribution in [0.25, 0.3) is 22.2 Å². The number of pyridine rings is 1. The van der Waals surface area contributed by atoms with Crippen LogP contribution in [0.5, 0.6) is 17.2 Å². The highest BCUT2D eigenvalue weighted by Gasteiger charge is 2.43. The number of hydrogen-bond acceptors (Lipinski definition) is 9. The lowest BCUT2D eigenvalue weighted by Gasteiger charge is -2.30. The summed E-state index contributed by atoms with van der Waals surface area (Å²) in [6, 6.07) is 11.1. The van der Waals surface area contributed by atoms with E-state index in [9.17, 15) is 14.1 Å². The summed E-state index contributed by atoms with van der Waals surface area (Å²) in [5.41, 5.74) is -0.349. The largest absolute Gasteiger partial charge is 0.493 e. The Labute approximate surface area is 299 Å². The lowest BCUT2D eigenvalue weighted by atomic mass is 9.90. The van der Waals surface area contributed by atoms with Gasteiger partial charge in [0.25, 0.3) is 5.91 Å². The zero-order chi connectivity index (χ0) is 37.1. The fraction of sp³-hybridized carbons (Fsp3) is 0.459. The van der Waals surface area contributed by atoms with Crippen molar-refractivity contribution in [3.05, 3.63) is 71.3 Å². The van der Waals surface area contributed by atoms with Gasteiger partial charge in [-0.05, 0) is 71.4 Å². The Morgan fingerprint density at radius 3 is 2.61 bits per heavy atom. The minimum absolute atomic E-state index is 0.0638. The van der Waals surface area contributed by atoms with E-state index < -0.39 is 38.6 Å². The van der Waals surface area contributed by atoms with Crippen LogP contribution in [-0.2, 0) is 33.6 Å². The number of aliphatic hydroxyl groups excluding tert-OH is 1. The molecule has 4 aromatic rings. The Morgan fingerprint density at radius 1 is 1.16 bits per heavy atom. The van der Waals surface area contributed by atoms with Crippen LogP contribution in [0.1, 0.15) is 69.6 Å². The summed E-state index contributed by atoms with van der Waals surface area (Å²) >= 11 is 0. The fourth-order valence-electron chi connectivity index (χ4n) is 5.73. The predicted octanol–water partition coefficient (Wildman–Crippen LogP) is 4.90. The molecule has 14 heteroatoms. The molecule has 0 spiro atoms. The van der Waals surface area contributed by atoms with Gasteiger partial charge in [-0.3, -0.25) is 4.79 Å². The van der Waals surface area contributed by atoms with Gasteiger partial charge >= 0.3 is 0 Å². The smallest absolute Gasteiger partial charge is 0.251 e. The molecule has 1 amide bonds.